The lowest BCUT2D eigenvalue weighted by atomic mass is 9.45. The van der Waals surface area contributed by atoms with Gasteiger partial charge in [-0.15, -0.1) is 0 Å². The second-order valence-electron chi connectivity index (χ2n) is 11.3. The summed E-state index contributed by atoms with van der Waals surface area (Å²) in [6, 6.07) is 20.1. The van der Waals surface area contributed by atoms with Crippen molar-refractivity contribution in [1.82, 2.24) is 4.90 Å². The number of phenols is 1. The lowest BCUT2D eigenvalue weighted by Crippen LogP contribution is -2.66. The number of aromatic hydroxyl groups is 1. The van der Waals surface area contributed by atoms with E-state index in [-0.39, 0.29) is 21.5 Å². The number of hydrogen-bond donors (Lipinski definition) is 3. The zero-order valence-corrected chi connectivity index (χ0v) is 22.3. The third-order valence-electron chi connectivity index (χ3n) is 9.45. The van der Waals surface area contributed by atoms with Crippen LogP contribution in [0, 0.1) is 5.41 Å². The Bertz CT molecular complexity index is 1440. The number of likely N-dealkylation sites (N-methyl/N-ethyl adjacent to an activating group) is 1. The number of benzene rings is 3. The van der Waals surface area contributed by atoms with Gasteiger partial charge in [0.1, 0.15) is 5.75 Å². The Balaban J connectivity index is 1.36. The normalized spacial score (nSPS) is 27.1. The van der Waals surface area contributed by atoms with E-state index in [1.165, 1.54) is 36.8 Å². The van der Waals surface area contributed by atoms with E-state index in [1.54, 1.807) is 42.5 Å². The number of hydrogen-bond acceptors (Lipinski definition) is 5. The van der Waals surface area contributed by atoms with Gasteiger partial charge in [-0.25, -0.2) is 8.42 Å². The van der Waals surface area contributed by atoms with Gasteiger partial charge in [0.25, 0.3) is 10.0 Å². The number of nitrogens with zero attached hydrogens (tertiary/aromatic N) is 1. The smallest absolute Gasteiger partial charge is 0.261 e. The van der Waals surface area contributed by atoms with Crippen molar-refractivity contribution in [2.45, 2.75) is 61.8 Å². The molecular formula is C30H35N3O3S. The van der Waals surface area contributed by atoms with E-state index in [0.29, 0.717) is 23.1 Å². The number of likely N-dealkylation sites (tertiary alicyclic amines) is 1. The summed E-state index contributed by atoms with van der Waals surface area (Å²) in [4.78, 5) is 2.74. The van der Waals surface area contributed by atoms with Gasteiger partial charge in [-0.3, -0.25) is 4.72 Å². The van der Waals surface area contributed by atoms with Crippen molar-refractivity contribution < 1.29 is 13.5 Å². The molecule has 1 saturated carbocycles. The van der Waals surface area contributed by atoms with Crippen LogP contribution in [-0.2, 0) is 21.9 Å². The molecule has 194 valence electrons. The van der Waals surface area contributed by atoms with Crippen LogP contribution in [0.15, 0.2) is 71.6 Å². The molecule has 7 heteroatoms. The summed E-state index contributed by atoms with van der Waals surface area (Å²) in [6.45, 7) is 3.57. The second kappa shape index (κ2) is 8.77. The molecule has 2 bridgehead atoms. The molecule has 6 rings (SSSR count). The van der Waals surface area contributed by atoms with Crippen LogP contribution >= 0.6 is 0 Å². The van der Waals surface area contributed by atoms with Crippen molar-refractivity contribution in [3.63, 3.8) is 0 Å². The summed E-state index contributed by atoms with van der Waals surface area (Å²) in [6.07, 6.45) is 7.01. The van der Waals surface area contributed by atoms with Gasteiger partial charge in [0.05, 0.1) is 22.0 Å². The first-order chi connectivity index (χ1) is 17.7. The van der Waals surface area contributed by atoms with Gasteiger partial charge in [-0.1, -0.05) is 50.1 Å². The minimum Gasteiger partial charge on any atom is -0.506 e. The topological polar surface area (TPSA) is 81.7 Å². The van der Waals surface area contributed by atoms with Gasteiger partial charge in [-0.05, 0) is 92.2 Å². The first-order valence-electron chi connectivity index (χ1n) is 13.2. The fourth-order valence-electron chi connectivity index (χ4n) is 7.49. The first-order valence-corrected chi connectivity index (χ1v) is 14.7. The standard InChI is InChI=1S/C30H35N3O3S/c1-29-14-8-9-15-30(29)16-17-33(2)28(29)19-21-18-26(27(34)20-23(21)30)31-24-12-6-7-13-25(24)32-37(35,36)22-10-4-3-5-11-22/h3-7,10-13,18,20,28,31-32,34H,8-9,14-17,19H2,1-2H3/t28-,29+,30+/m0/s1. The molecule has 0 aromatic heterocycles. The molecule has 37 heavy (non-hydrogen) atoms. The maximum Gasteiger partial charge on any atom is 0.261 e. The second-order valence-corrected chi connectivity index (χ2v) is 13.0. The van der Waals surface area contributed by atoms with Crippen molar-refractivity contribution in [2.24, 2.45) is 5.41 Å². The number of phenolic OH excluding ortho intramolecular Hbond substituents is 1. The molecule has 1 heterocycles. The lowest BCUT2D eigenvalue weighted by molar-refractivity contribution is -0.0735. The van der Waals surface area contributed by atoms with Crippen LogP contribution in [-0.4, -0.2) is 38.1 Å². The monoisotopic (exact) mass is 517 g/mol. The number of fused-ring (bicyclic) bond motifs is 1. The number of para-hydroxylation sites is 2. The molecule has 3 aromatic carbocycles. The average Bonchev–Trinajstić information content (AvgIpc) is 2.88. The minimum absolute atomic E-state index is 0.106. The summed E-state index contributed by atoms with van der Waals surface area (Å²) in [5.74, 6) is 0.208. The highest BCUT2D eigenvalue weighted by Crippen LogP contribution is 2.63. The summed E-state index contributed by atoms with van der Waals surface area (Å²) in [5.41, 5.74) is 4.55. The molecule has 3 N–H and O–H groups in total. The zero-order valence-electron chi connectivity index (χ0n) is 21.5. The predicted molar refractivity (Wildman–Crippen MR) is 148 cm³/mol. The molecule has 0 amide bonds. The number of nitrogens with one attached hydrogen (secondary N) is 2. The molecule has 0 radical (unpaired) electrons. The van der Waals surface area contributed by atoms with Crippen LogP contribution in [0.4, 0.5) is 17.1 Å². The third kappa shape index (κ3) is 3.82. The van der Waals surface area contributed by atoms with Crippen molar-refractivity contribution in [3.05, 3.63) is 77.9 Å². The summed E-state index contributed by atoms with van der Waals surface area (Å²) >= 11 is 0. The Morgan fingerprint density at radius 2 is 1.62 bits per heavy atom. The molecule has 2 aliphatic carbocycles. The average molecular weight is 518 g/mol. The number of piperidine rings is 1. The highest BCUT2D eigenvalue weighted by molar-refractivity contribution is 7.92. The molecule has 3 atom stereocenters. The third-order valence-corrected chi connectivity index (χ3v) is 10.8. The highest BCUT2D eigenvalue weighted by Gasteiger charge is 2.60. The highest BCUT2D eigenvalue weighted by atomic mass is 32.2. The van der Waals surface area contributed by atoms with E-state index >= 15 is 0 Å². The molecule has 6 nitrogen and oxygen atoms in total. The van der Waals surface area contributed by atoms with Gasteiger partial charge < -0.3 is 15.3 Å². The van der Waals surface area contributed by atoms with Crippen LogP contribution in [0.25, 0.3) is 0 Å². The molecule has 0 unspecified atom stereocenters. The summed E-state index contributed by atoms with van der Waals surface area (Å²) in [5, 5.41) is 14.6. The van der Waals surface area contributed by atoms with Gasteiger partial charge in [0.15, 0.2) is 0 Å². The zero-order chi connectivity index (χ0) is 25.8. The molecule has 1 saturated heterocycles. The Hall–Kier alpha value is -3.03. The van der Waals surface area contributed by atoms with Crippen LogP contribution in [0.1, 0.15) is 50.2 Å². The predicted octanol–water partition coefficient (Wildman–Crippen LogP) is 6.01. The Labute approximate surface area is 219 Å². The van der Waals surface area contributed by atoms with E-state index in [2.05, 4.69) is 35.0 Å². The van der Waals surface area contributed by atoms with Gasteiger partial charge in [0, 0.05) is 11.5 Å². The van der Waals surface area contributed by atoms with E-state index in [9.17, 15) is 13.5 Å². The Morgan fingerprint density at radius 1 is 0.919 bits per heavy atom. The summed E-state index contributed by atoms with van der Waals surface area (Å²) in [7, 11) is -1.49. The molecule has 3 aliphatic rings. The first kappa shape index (κ1) is 24.3. The quantitative estimate of drug-likeness (QED) is 0.361. The van der Waals surface area contributed by atoms with Crippen LogP contribution < -0.4 is 10.0 Å². The SMILES string of the molecule is CN1CC[C@@]23CCCC[C@]2(C)[C@@H]1Cc1cc(Nc2ccccc2NS(=O)(=O)c2ccccc2)c(O)cc13. The molecule has 3 aromatic rings. The van der Waals surface area contributed by atoms with Crippen LogP contribution in [0.5, 0.6) is 5.75 Å². The van der Waals surface area contributed by atoms with Gasteiger partial charge >= 0.3 is 0 Å². The number of sulfonamides is 1. The van der Waals surface area contributed by atoms with Crippen molar-refractivity contribution in [2.75, 3.05) is 23.6 Å². The van der Waals surface area contributed by atoms with Crippen LogP contribution in [0.3, 0.4) is 0 Å². The Morgan fingerprint density at radius 3 is 2.41 bits per heavy atom. The number of rotatable bonds is 5. The molecule has 0 spiro atoms. The Kier molecular flexibility index (Phi) is 5.77. The lowest BCUT2D eigenvalue weighted by Gasteiger charge is -2.65. The van der Waals surface area contributed by atoms with E-state index in [1.807, 2.05) is 18.2 Å². The van der Waals surface area contributed by atoms with E-state index in [0.717, 1.165) is 19.4 Å². The molecule has 1 aliphatic heterocycles. The maximum absolute atomic E-state index is 13.0. The number of anilines is 3. The van der Waals surface area contributed by atoms with Crippen molar-refractivity contribution in [1.29, 1.82) is 0 Å². The summed E-state index contributed by atoms with van der Waals surface area (Å²) < 4.78 is 28.7. The van der Waals surface area contributed by atoms with E-state index < -0.39 is 10.0 Å². The minimum atomic E-state index is -3.75. The molecule has 2 fully saturated rings. The van der Waals surface area contributed by atoms with Crippen molar-refractivity contribution >= 4 is 27.1 Å². The maximum atomic E-state index is 13.0. The fraction of sp³-hybridized carbons (Fsp3) is 0.400. The fourth-order valence-corrected chi connectivity index (χ4v) is 8.59. The largest absolute Gasteiger partial charge is 0.506 e. The van der Waals surface area contributed by atoms with Crippen molar-refractivity contribution in [3.8, 4) is 5.75 Å². The van der Waals surface area contributed by atoms with Crippen LogP contribution in [0.2, 0.25) is 0 Å². The van der Waals surface area contributed by atoms with E-state index in [4.69, 9.17) is 0 Å². The van der Waals surface area contributed by atoms with Gasteiger partial charge in [-0.2, -0.15) is 0 Å². The van der Waals surface area contributed by atoms with Gasteiger partial charge in [0.2, 0.25) is 0 Å². The molecular weight excluding hydrogens is 482 g/mol.